The van der Waals surface area contributed by atoms with Gasteiger partial charge in [-0.3, -0.25) is 0 Å². The van der Waals surface area contributed by atoms with Crippen LogP contribution >= 0.6 is 0 Å². The number of hydrogen-bond donors (Lipinski definition) is 2. The average molecular weight is 256 g/mol. The minimum atomic E-state index is -0.329. The summed E-state index contributed by atoms with van der Waals surface area (Å²) in [5.41, 5.74) is -0.329. The van der Waals surface area contributed by atoms with E-state index in [-0.39, 0.29) is 11.6 Å². The second-order valence-electron chi connectivity index (χ2n) is 5.35. The number of carbonyl (C=O) groups excluding carboxylic acids is 1. The molecule has 2 amide bonds. The highest BCUT2D eigenvalue weighted by molar-refractivity contribution is 5.74. The van der Waals surface area contributed by atoms with Crippen molar-refractivity contribution in [3.63, 3.8) is 0 Å². The maximum Gasteiger partial charge on any atom is 0.315 e. The maximum atomic E-state index is 11.8. The van der Waals surface area contributed by atoms with Crippen LogP contribution in [0.3, 0.4) is 0 Å². The number of methoxy groups -OCH3 is 1. The van der Waals surface area contributed by atoms with Crippen LogP contribution in [0.4, 0.5) is 4.79 Å². The summed E-state index contributed by atoms with van der Waals surface area (Å²) in [6.45, 7) is 1.79. The monoisotopic (exact) mass is 256 g/mol. The number of carbonyl (C=O) groups is 1. The number of amides is 2. The van der Waals surface area contributed by atoms with Gasteiger partial charge in [0.05, 0.1) is 13.2 Å². The van der Waals surface area contributed by atoms with Gasteiger partial charge in [-0.2, -0.15) is 0 Å². The summed E-state index contributed by atoms with van der Waals surface area (Å²) >= 11 is 0. The first kappa shape index (κ1) is 13.6. The topological polar surface area (TPSA) is 59.6 Å². The highest BCUT2D eigenvalue weighted by atomic mass is 16.5. The zero-order valence-corrected chi connectivity index (χ0v) is 11.2. The molecule has 0 aromatic heterocycles. The summed E-state index contributed by atoms with van der Waals surface area (Å²) in [4.78, 5) is 11.8. The van der Waals surface area contributed by atoms with Gasteiger partial charge in [0.2, 0.25) is 0 Å². The Kier molecular flexibility index (Phi) is 4.83. The number of rotatable bonds is 4. The smallest absolute Gasteiger partial charge is 0.315 e. The molecule has 1 heterocycles. The summed E-state index contributed by atoms with van der Waals surface area (Å²) in [5, 5.41) is 5.95. The molecule has 1 aliphatic carbocycles. The van der Waals surface area contributed by atoms with Gasteiger partial charge in [-0.15, -0.1) is 0 Å². The summed E-state index contributed by atoms with van der Waals surface area (Å²) in [6.07, 6.45) is 6.79. The molecule has 0 aromatic rings. The predicted molar refractivity (Wildman–Crippen MR) is 68.6 cm³/mol. The summed E-state index contributed by atoms with van der Waals surface area (Å²) in [5.74, 6) is 0. The van der Waals surface area contributed by atoms with Crippen LogP contribution in [0.5, 0.6) is 0 Å². The van der Waals surface area contributed by atoms with E-state index < -0.39 is 0 Å². The molecule has 0 radical (unpaired) electrons. The SMILES string of the molecule is COC1(CNC(=O)NC2CCCCC2)CCOC1. The third-order valence-electron chi connectivity index (χ3n) is 4.01. The van der Waals surface area contributed by atoms with Crippen molar-refractivity contribution in [2.24, 2.45) is 0 Å². The van der Waals surface area contributed by atoms with Crippen LogP contribution in [0.2, 0.25) is 0 Å². The Morgan fingerprint density at radius 2 is 2.17 bits per heavy atom. The van der Waals surface area contributed by atoms with Crippen LogP contribution in [0.15, 0.2) is 0 Å². The molecule has 1 saturated carbocycles. The van der Waals surface area contributed by atoms with Gasteiger partial charge in [0.15, 0.2) is 0 Å². The van der Waals surface area contributed by atoms with Gasteiger partial charge < -0.3 is 20.1 Å². The first-order valence-electron chi connectivity index (χ1n) is 6.91. The number of ether oxygens (including phenoxy) is 2. The van der Waals surface area contributed by atoms with Gasteiger partial charge >= 0.3 is 6.03 Å². The zero-order chi connectivity index (χ0) is 12.8. The van der Waals surface area contributed by atoms with Crippen LogP contribution in [-0.2, 0) is 9.47 Å². The van der Waals surface area contributed by atoms with E-state index in [1.54, 1.807) is 7.11 Å². The number of urea groups is 1. The van der Waals surface area contributed by atoms with E-state index in [4.69, 9.17) is 9.47 Å². The van der Waals surface area contributed by atoms with Crippen molar-refractivity contribution in [1.29, 1.82) is 0 Å². The van der Waals surface area contributed by atoms with E-state index in [2.05, 4.69) is 10.6 Å². The molecule has 1 atom stereocenters. The minimum Gasteiger partial charge on any atom is -0.378 e. The van der Waals surface area contributed by atoms with Crippen LogP contribution in [0.1, 0.15) is 38.5 Å². The minimum absolute atomic E-state index is 0.0785. The Morgan fingerprint density at radius 1 is 1.39 bits per heavy atom. The molecule has 5 heteroatoms. The lowest BCUT2D eigenvalue weighted by atomic mass is 9.96. The fourth-order valence-corrected chi connectivity index (χ4v) is 2.69. The number of nitrogens with one attached hydrogen (secondary N) is 2. The average Bonchev–Trinajstić information content (AvgIpc) is 2.87. The lowest BCUT2D eigenvalue weighted by Gasteiger charge is -2.27. The first-order chi connectivity index (χ1) is 8.74. The molecule has 1 saturated heterocycles. The molecule has 2 rings (SSSR count). The molecule has 104 valence electrons. The molecule has 2 aliphatic rings. The Bertz CT molecular complexity index is 271. The predicted octanol–water partition coefficient (Wildman–Crippen LogP) is 1.42. The second-order valence-corrected chi connectivity index (χ2v) is 5.35. The van der Waals surface area contributed by atoms with E-state index in [1.807, 2.05) is 0 Å². The molecule has 18 heavy (non-hydrogen) atoms. The van der Waals surface area contributed by atoms with E-state index >= 15 is 0 Å². The summed E-state index contributed by atoms with van der Waals surface area (Å²) < 4.78 is 10.8. The molecular formula is C13H24N2O3. The van der Waals surface area contributed by atoms with Crippen molar-refractivity contribution in [3.05, 3.63) is 0 Å². The van der Waals surface area contributed by atoms with Crippen LogP contribution in [0.25, 0.3) is 0 Å². The highest BCUT2D eigenvalue weighted by Gasteiger charge is 2.35. The van der Waals surface area contributed by atoms with Gasteiger partial charge in [-0.25, -0.2) is 4.79 Å². The fourth-order valence-electron chi connectivity index (χ4n) is 2.69. The molecule has 1 aliphatic heterocycles. The zero-order valence-electron chi connectivity index (χ0n) is 11.2. The molecule has 0 aromatic carbocycles. The van der Waals surface area contributed by atoms with E-state index in [9.17, 15) is 4.79 Å². The fraction of sp³-hybridized carbons (Fsp3) is 0.923. The molecule has 0 spiro atoms. The van der Waals surface area contributed by atoms with E-state index in [0.717, 1.165) is 19.3 Å². The van der Waals surface area contributed by atoms with Crippen molar-refractivity contribution < 1.29 is 14.3 Å². The van der Waals surface area contributed by atoms with Crippen molar-refractivity contribution >= 4 is 6.03 Å². The van der Waals surface area contributed by atoms with Crippen molar-refractivity contribution in [1.82, 2.24) is 10.6 Å². The van der Waals surface area contributed by atoms with Crippen LogP contribution < -0.4 is 10.6 Å². The molecular weight excluding hydrogens is 232 g/mol. The third-order valence-corrected chi connectivity index (χ3v) is 4.01. The Balaban J connectivity index is 1.70. The van der Waals surface area contributed by atoms with Crippen LogP contribution in [-0.4, -0.2) is 44.5 Å². The molecule has 2 N–H and O–H groups in total. The van der Waals surface area contributed by atoms with E-state index in [0.29, 0.717) is 25.8 Å². The van der Waals surface area contributed by atoms with Gasteiger partial charge in [0.25, 0.3) is 0 Å². The van der Waals surface area contributed by atoms with Crippen molar-refractivity contribution in [2.45, 2.75) is 50.2 Å². The highest BCUT2D eigenvalue weighted by Crippen LogP contribution is 2.21. The van der Waals surface area contributed by atoms with E-state index in [1.165, 1.54) is 19.3 Å². The summed E-state index contributed by atoms with van der Waals surface area (Å²) in [6, 6.07) is 0.266. The molecule has 2 fully saturated rings. The maximum absolute atomic E-state index is 11.8. The molecule has 1 unspecified atom stereocenters. The lowest BCUT2D eigenvalue weighted by Crippen LogP contribution is -2.50. The Labute approximate surface area is 109 Å². The Morgan fingerprint density at radius 3 is 2.78 bits per heavy atom. The van der Waals surface area contributed by atoms with Crippen LogP contribution in [0, 0.1) is 0 Å². The molecule has 5 nitrogen and oxygen atoms in total. The summed E-state index contributed by atoms with van der Waals surface area (Å²) in [7, 11) is 1.68. The molecule has 0 bridgehead atoms. The van der Waals surface area contributed by atoms with Gasteiger partial charge in [-0.1, -0.05) is 19.3 Å². The second kappa shape index (κ2) is 6.38. The van der Waals surface area contributed by atoms with Crippen molar-refractivity contribution in [2.75, 3.05) is 26.9 Å². The number of hydrogen-bond acceptors (Lipinski definition) is 3. The quantitative estimate of drug-likeness (QED) is 0.800. The Hall–Kier alpha value is -0.810. The lowest BCUT2D eigenvalue weighted by molar-refractivity contribution is -0.0138. The normalized spacial score (nSPS) is 29.2. The third kappa shape index (κ3) is 3.59. The van der Waals surface area contributed by atoms with Gasteiger partial charge in [-0.05, 0) is 12.8 Å². The van der Waals surface area contributed by atoms with Crippen molar-refractivity contribution in [3.8, 4) is 0 Å². The standard InChI is InChI=1S/C13H24N2O3/c1-17-13(7-8-18-10-13)9-14-12(16)15-11-5-3-2-4-6-11/h11H,2-10H2,1H3,(H2,14,15,16). The first-order valence-corrected chi connectivity index (χ1v) is 6.91. The van der Waals surface area contributed by atoms with Gasteiger partial charge in [0, 0.05) is 26.2 Å². The van der Waals surface area contributed by atoms with Gasteiger partial charge in [0.1, 0.15) is 5.60 Å². The largest absolute Gasteiger partial charge is 0.378 e.